The zero-order valence-corrected chi connectivity index (χ0v) is 14.7. The Bertz CT molecular complexity index is 745. The van der Waals surface area contributed by atoms with Crippen LogP contribution in [0.15, 0.2) is 27.4 Å². The Morgan fingerprint density at radius 1 is 1.17 bits per heavy atom. The predicted molar refractivity (Wildman–Crippen MR) is 95.2 cm³/mol. The second kappa shape index (κ2) is 7.06. The molecule has 0 bridgehead atoms. The summed E-state index contributed by atoms with van der Waals surface area (Å²) in [6.07, 6.45) is 7.79. The minimum Gasteiger partial charge on any atom is -0.423 e. The second-order valence-electron chi connectivity index (χ2n) is 6.75. The van der Waals surface area contributed by atoms with E-state index in [2.05, 4.69) is 11.9 Å². The smallest absolute Gasteiger partial charge is 0.336 e. The van der Waals surface area contributed by atoms with Gasteiger partial charge in [0.25, 0.3) is 0 Å². The maximum atomic E-state index is 11.9. The number of hydrogen-bond acceptors (Lipinski definition) is 3. The van der Waals surface area contributed by atoms with Gasteiger partial charge in [0.05, 0.1) is 0 Å². The van der Waals surface area contributed by atoms with Crippen LogP contribution in [0, 0.1) is 6.92 Å². The molecule has 4 heteroatoms. The number of nitrogens with zero attached hydrogens (tertiary/aromatic N) is 1. The van der Waals surface area contributed by atoms with Gasteiger partial charge in [0.1, 0.15) is 5.58 Å². The molecular weight excluding hydrogens is 310 g/mol. The third kappa shape index (κ3) is 3.78. The fourth-order valence-corrected chi connectivity index (χ4v) is 3.74. The Hall–Kier alpha value is -1.32. The molecule has 0 saturated heterocycles. The van der Waals surface area contributed by atoms with Gasteiger partial charge >= 0.3 is 5.63 Å². The van der Waals surface area contributed by atoms with Crippen LogP contribution in [0.4, 0.5) is 0 Å². The molecular formula is C19H24ClNO2. The molecule has 3 nitrogen and oxygen atoms in total. The topological polar surface area (TPSA) is 33.5 Å². The van der Waals surface area contributed by atoms with Gasteiger partial charge in [0, 0.05) is 29.1 Å². The van der Waals surface area contributed by atoms with Crippen molar-refractivity contribution in [3.05, 3.63) is 44.8 Å². The fourth-order valence-electron chi connectivity index (χ4n) is 3.58. The van der Waals surface area contributed by atoms with E-state index in [9.17, 15) is 4.79 Å². The van der Waals surface area contributed by atoms with Gasteiger partial charge in [-0.2, -0.15) is 0 Å². The maximum absolute atomic E-state index is 11.9. The summed E-state index contributed by atoms with van der Waals surface area (Å²) in [5.74, 6) is 0. The van der Waals surface area contributed by atoms with E-state index >= 15 is 0 Å². The first kappa shape index (κ1) is 16.5. The first-order chi connectivity index (χ1) is 11.0. The van der Waals surface area contributed by atoms with Crippen LogP contribution in [-0.4, -0.2) is 18.0 Å². The largest absolute Gasteiger partial charge is 0.423 e. The van der Waals surface area contributed by atoms with Crippen molar-refractivity contribution in [2.75, 3.05) is 7.05 Å². The second-order valence-corrected chi connectivity index (χ2v) is 7.16. The van der Waals surface area contributed by atoms with Crippen molar-refractivity contribution in [1.29, 1.82) is 0 Å². The number of benzene rings is 1. The predicted octanol–water partition coefficient (Wildman–Crippen LogP) is 4.91. The zero-order chi connectivity index (χ0) is 16.4. The van der Waals surface area contributed by atoms with Crippen LogP contribution in [0.2, 0.25) is 5.02 Å². The Morgan fingerprint density at radius 3 is 2.57 bits per heavy atom. The first-order valence-corrected chi connectivity index (χ1v) is 8.85. The van der Waals surface area contributed by atoms with Gasteiger partial charge in [-0.05, 0) is 50.1 Å². The zero-order valence-electron chi connectivity index (χ0n) is 13.9. The summed E-state index contributed by atoms with van der Waals surface area (Å²) in [5.41, 5.74) is 2.27. The molecule has 1 aliphatic rings. The lowest BCUT2D eigenvalue weighted by atomic mass is 10.0. The van der Waals surface area contributed by atoms with Crippen LogP contribution in [-0.2, 0) is 6.54 Å². The number of aryl methyl sites for hydroxylation is 1. The highest BCUT2D eigenvalue weighted by Gasteiger charge is 2.18. The average Bonchev–Trinajstić information content (AvgIpc) is 2.78. The van der Waals surface area contributed by atoms with E-state index in [1.54, 1.807) is 6.07 Å². The van der Waals surface area contributed by atoms with Gasteiger partial charge in [-0.15, -0.1) is 0 Å². The Morgan fingerprint density at radius 2 is 1.87 bits per heavy atom. The summed E-state index contributed by atoms with van der Waals surface area (Å²) in [5, 5.41) is 1.66. The summed E-state index contributed by atoms with van der Waals surface area (Å²) in [6, 6.07) is 5.99. The fraction of sp³-hybridized carbons (Fsp3) is 0.526. The number of hydrogen-bond donors (Lipinski definition) is 0. The summed E-state index contributed by atoms with van der Waals surface area (Å²) >= 11 is 6.27. The lowest BCUT2D eigenvalue weighted by Gasteiger charge is -2.27. The maximum Gasteiger partial charge on any atom is 0.336 e. The highest BCUT2D eigenvalue weighted by atomic mass is 35.5. The van der Waals surface area contributed by atoms with Gasteiger partial charge in [0.15, 0.2) is 0 Å². The molecule has 1 saturated carbocycles. The molecule has 1 aromatic heterocycles. The molecule has 0 aliphatic heterocycles. The molecule has 1 heterocycles. The van der Waals surface area contributed by atoms with Crippen LogP contribution >= 0.6 is 11.6 Å². The van der Waals surface area contributed by atoms with Gasteiger partial charge in [0.2, 0.25) is 0 Å². The highest BCUT2D eigenvalue weighted by molar-refractivity contribution is 6.32. The highest BCUT2D eigenvalue weighted by Crippen LogP contribution is 2.27. The third-order valence-electron chi connectivity index (χ3n) is 4.98. The van der Waals surface area contributed by atoms with Gasteiger partial charge in [-0.3, -0.25) is 4.90 Å². The lowest BCUT2D eigenvalue weighted by molar-refractivity contribution is 0.213. The summed E-state index contributed by atoms with van der Waals surface area (Å²) in [6.45, 7) is 2.68. The third-order valence-corrected chi connectivity index (χ3v) is 5.38. The minimum atomic E-state index is -0.288. The van der Waals surface area contributed by atoms with Crippen LogP contribution in [0.1, 0.15) is 49.7 Å². The van der Waals surface area contributed by atoms with Crippen molar-refractivity contribution in [3.63, 3.8) is 0 Å². The van der Waals surface area contributed by atoms with Crippen molar-refractivity contribution in [1.82, 2.24) is 4.90 Å². The van der Waals surface area contributed by atoms with Crippen LogP contribution < -0.4 is 5.63 Å². The monoisotopic (exact) mass is 333 g/mol. The van der Waals surface area contributed by atoms with E-state index in [-0.39, 0.29) is 5.63 Å². The van der Waals surface area contributed by atoms with Crippen molar-refractivity contribution < 1.29 is 4.42 Å². The summed E-state index contributed by atoms with van der Waals surface area (Å²) in [7, 11) is 2.16. The van der Waals surface area contributed by atoms with E-state index in [0.717, 1.165) is 23.1 Å². The molecule has 2 aromatic rings. The molecule has 1 fully saturated rings. The van der Waals surface area contributed by atoms with E-state index in [1.165, 1.54) is 38.5 Å². The number of rotatable bonds is 3. The minimum absolute atomic E-state index is 0.288. The average molecular weight is 334 g/mol. The molecule has 1 aromatic carbocycles. The van der Waals surface area contributed by atoms with E-state index in [1.807, 2.05) is 19.1 Å². The van der Waals surface area contributed by atoms with E-state index < -0.39 is 0 Å². The Kier molecular flexibility index (Phi) is 5.08. The van der Waals surface area contributed by atoms with Crippen molar-refractivity contribution in [2.24, 2.45) is 0 Å². The molecule has 0 spiro atoms. The van der Waals surface area contributed by atoms with Crippen molar-refractivity contribution >= 4 is 22.6 Å². The Labute approximate surface area is 142 Å². The quantitative estimate of drug-likeness (QED) is 0.591. The molecule has 124 valence electrons. The molecule has 0 atom stereocenters. The van der Waals surface area contributed by atoms with Gasteiger partial charge in [-0.1, -0.05) is 37.3 Å². The van der Waals surface area contributed by atoms with Crippen LogP contribution in [0.25, 0.3) is 11.0 Å². The van der Waals surface area contributed by atoms with Crippen molar-refractivity contribution in [3.8, 4) is 0 Å². The van der Waals surface area contributed by atoms with E-state index in [4.69, 9.17) is 16.0 Å². The molecule has 23 heavy (non-hydrogen) atoms. The number of halogens is 1. The molecule has 1 aliphatic carbocycles. The lowest BCUT2D eigenvalue weighted by Crippen LogP contribution is -2.31. The molecule has 0 unspecified atom stereocenters. The summed E-state index contributed by atoms with van der Waals surface area (Å²) in [4.78, 5) is 14.3. The van der Waals surface area contributed by atoms with Crippen molar-refractivity contribution in [2.45, 2.75) is 58.0 Å². The normalized spacial score (nSPS) is 16.9. The van der Waals surface area contributed by atoms with Crippen LogP contribution in [0.3, 0.4) is 0 Å². The molecule has 0 amide bonds. The standard InChI is InChI=1S/C19H24ClNO2/c1-13-9-18-16(11-17(13)20)14(10-19(22)23-18)12-21(2)15-7-5-3-4-6-8-15/h9-11,15H,3-8,12H2,1-2H3. The van der Waals surface area contributed by atoms with Gasteiger partial charge in [-0.25, -0.2) is 4.79 Å². The summed E-state index contributed by atoms with van der Waals surface area (Å²) < 4.78 is 5.35. The molecule has 0 N–H and O–H groups in total. The SMILES string of the molecule is Cc1cc2oc(=O)cc(CN(C)C3CCCCCC3)c2cc1Cl. The van der Waals surface area contributed by atoms with Gasteiger partial charge < -0.3 is 4.42 Å². The Balaban J connectivity index is 1.92. The molecule has 3 rings (SSSR count). The number of fused-ring (bicyclic) bond motifs is 1. The van der Waals surface area contributed by atoms with E-state index in [0.29, 0.717) is 16.6 Å². The molecule has 0 radical (unpaired) electrons. The van der Waals surface area contributed by atoms with Crippen LogP contribution in [0.5, 0.6) is 0 Å². The first-order valence-electron chi connectivity index (χ1n) is 8.48.